The molecule has 6 nitrogen and oxygen atoms in total. The standard InChI is InChI=1S/C11H22N2O4/c1-10(2,3)17-9(16)13-11(4,5)7(12-6)8(14)15/h7,12H,1-6H3,(H,13,16)(H,14,15). The van der Waals surface area contributed by atoms with E-state index >= 15 is 0 Å². The van der Waals surface area contributed by atoms with Gasteiger partial charge in [-0.1, -0.05) is 0 Å². The van der Waals surface area contributed by atoms with Crippen LogP contribution < -0.4 is 10.6 Å². The summed E-state index contributed by atoms with van der Waals surface area (Å²) < 4.78 is 5.08. The molecule has 6 heteroatoms. The van der Waals surface area contributed by atoms with E-state index in [4.69, 9.17) is 9.84 Å². The molecular formula is C11H22N2O4. The van der Waals surface area contributed by atoms with Crippen LogP contribution >= 0.6 is 0 Å². The van der Waals surface area contributed by atoms with E-state index in [-0.39, 0.29) is 0 Å². The summed E-state index contributed by atoms with van der Waals surface area (Å²) in [7, 11) is 1.53. The van der Waals surface area contributed by atoms with Crippen molar-refractivity contribution in [3.8, 4) is 0 Å². The summed E-state index contributed by atoms with van der Waals surface area (Å²) in [5.41, 5.74) is -1.57. The second-order valence-corrected chi connectivity index (χ2v) is 5.41. The normalized spacial score (nSPS) is 14.0. The Morgan fingerprint density at radius 2 is 1.65 bits per heavy atom. The molecule has 0 rings (SSSR count). The molecule has 0 aliphatic heterocycles. The number of hydrogen-bond donors (Lipinski definition) is 3. The molecule has 1 amide bonds. The lowest BCUT2D eigenvalue weighted by Gasteiger charge is -2.33. The maximum Gasteiger partial charge on any atom is 0.408 e. The predicted molar refractivity (Wildman–Crippen MR) is 63.9 cm³/mol. The van der Waals surface area contributed by atoms with E-state index < -0.39 is 29.2 Å². The van der Waals surface area contributed by atoms with Gasteiger partial charge in [0.2, 0.25) is 0 Å². The molecule has 3 N–H and O–H groups in total. The molecule has 1 unspecified atom stereocenters. The van der Waals surface area contributed by atoms with Crippen LogP contribution in [0.15, 0.2) is 0 Å². The maximum absolute atomic E-state index is 11.6. The fraction of sp³-hybridized carbons (Fsp3) is 0.818. The van der Waals surface area contributed by atoms with Gasteiger partial charge in [-0.15, -0.1) is 0 Å². The van der Waals surface area contributed by atoms with Gasteiger partial charge >= 0.3 is 12.1 Å². The van der Waals surface area contributed by atoms with E-state index in [1.807, 2.05) is 0 Å². The van der Waals surface area contributed by atoms with E-state index in [1.165, 1.54) is 7.05 Å². The molecule has 0 heterocycles. The smallest absolute Gasteiger partial charge is 0.408 e. The van der Waals surface area contributed by atoms with Crippen LogP contribution in [0.2, 0.25) is 0 Å². The van der Waals surface area contributed by atoms with Gasteiger partial charge in [-0.25, -0.2) is 4.79 Å². The zero-order valence-electron chi connectivity index (χ0n) is 11.2. The number of carboxylic acids is 1. The fourth-order valence-corrected chi connectivity index (χ4v) is 1.43. The lowest BCUT2D eigenvalue weighted by Crippen LogP contribution is -2.60. The molecular weight excluding hydrogens is 224 g/mol. The lowest BCUT2D eigenvalue weighted by molar-refractivity contribution is -0.141. The summed E-state index contributed by atoms with van der Waals surface area (Å²) in [6.45, 7) is 8.46. The molecule has 0 bridgehead atoms. The Kier molecular flexibility index (Phi) is 4.94. The second-order valence-electron chi connectivity index (χ2n) is 5.41. The van der Waals surface area contributed by atoms with Crippen molar-refractivity contribution in [1.82, 2.24) is 10.6 Å². The summed E-state index contributed by atoms with van der Waals surface area (Å²) in [6.07, 6.45) is -0.635. The first-order chi connectivity index (χ1) is 7.49. The molecule has 100 valence electrons. The first-order valence-corrected chi connectivity index (χ1v) is 5.41. The number of rotatable bonds is 4. The van der Waals surface area contributed by atoms with Crippen molar-refractivity contribution < 1.29 is 19.4 Å². The Morgan fingerprint density at radius 3 is 1.94 bits per heavy atom. The highest BCUT2D eigenvalue weighted by Crippen LogP contribution is 2.12. The predicted octanol–water partition coefficient (Wildman–Crippen LogP) is 0.962. The van der Waals surface area contributed by atoms with Gasteiger partial charge in [-0.05, 0) is 41.7 Å². The number of carbonyl (C=O) groups is 2. The number of alkyl carbamates (subject to hydrolysis) is 1. The molecule has 0 aliphatic rings. The molecule has 0 aromatic carbocycles. The van der Waals surface area contributed by atoms with Gasteiger partial charge in [-0.3, -0.25) is 4.79 Å². The highest BCUT2D eigenvalue weighted by Gasteiger charge is 2.36. The van der Waals surface area contributed by atoms with E-state index in [1.54, 1.807) is 34.6 Å². The van der Waals surface area contributed by atoms with Crippen LogP contribution in [-0.4, -0.2) is 41.4 Å². The van der Waals surface area contributed by atoms with Crippen molar-refractivity contribution in [2.75, 3.05) is 7.05 Å². The Bertz CT molecular complexity index is 294. The fourth-order valence-electron chi connectivity index (χ4n) is 1.43. The minimum Gasteiger partial charge on any atom is -0.480 e. The van der Waals surface area contributed by atoms with Crippen molar-refractivity contribution in [1.29, 1.82) is 0 Å². The van der Waals surface area contributed by atoms with Crippen LogP contribution in [0.4, 0.5) is 4.79 Å². The first-order valence-electron chi connectivity index (χ1n) is 5.41. The summed E-state index contributed by atoms with van der Waals surface area (Å²) in [5, 5.41) is 14.2. The molecule has 0 radical (unpaired) electrons. The molecule has 0 saturated heterocycles. The zero-order chi connectivity index (χ0) is 13.9. The molecule has 0 spiro atoms. The molecule has 0 saturated carbocycles. The SMILES string of the molecule is CNC(C(=O)O)C(C)(C)NC(=O)OC(C)(C)C. The number of aliphatic carboxylic acids is 1. The third kappa shape index (κ3) is 5.53. The third-order valence-electron chi connectivity index (χ3n) is 2.08. The average Bonchev–Trinajstić information content (AvgIpc) is 1.96. The zero-order valence-corrected chi connectivity index (χ0v) is 11.2. The highest BCUT2D eigenvalue weighted by atomic mass is 16.6. The molecule has 0 aromatic rings. The van der Waals surface area contributed by atoms with Crippen molar-refractivity contribution in [3.63, 3.8) is 0 Å². The van der Waals surface area contributed by atoms with Crippen LogP contribution in [-0.2, 0) is 9.53 Å². The summed E-state index contributed by atoms with van der Waals surface area (Å²) in [5.74, 6) is -1.03. The quantitative estimate of drug-likeness (QED) is 0.687. The maximum atomic E-state index is 11.6. The largest absolute Gasteiger partial charge is 0.480 e. The van der Waals surface area contributed by atoms with Crippen molar-refractivity contribution in [2.24, 2.45) is 0 Å². The van der Waals surface area contributed by atoms with Crippen LogP contribution in [0.1, 0.15) is 34.6 Å². The van der Waals surface area contributed by atoms with Gasteiger partial charge < -0.3 is 20.5 Å². The molecule has 17 heavy (non-hydrogen) atoms. The number of carbonyl (C=O) groups excluding carboxylic acids is 1. The lowest BCUT2D eigenvalue weighted by atomic mass is 9.95. The number of hydrogen-bond acceptors (Lipinski definition) is 4. The minimum atomic E-state index is -1.03. The number of ether oxygens (including phenoxy) is 1. The van der Waals surface area contributed by atoms with E-state index in [0.29, 0.717) is 0 Å². The van der Waals surface area contributed by atoms with Gasteiger partial charge in [-0.2, -0.15) is 0 Å². The Hall–Kier alpha value is -1.30. The van der Waals surface area contributed by atoms with Crippen LogP contribution in [0.3, 0.4) is 0 Å². The average molecular weight is 246 g/mol. The molecule has 0 aliphatic carbocycles. The van der Waals surface area contributed by atoms with Crippen LogP contribution in [0.5, 0.6) is 0 Å². The third-order valence-corrected chi connectivity index (χ3v) is 2.08. The first kappa shape index (κ1) is 15.7. The van der Waals surface area contributed by atoms with E-state index in [2.05, 4.69) is 10.6 Å². The van der Waals surface area contributed by atoms with E-state index in [0.717, 1.165) is 0 Å². The van der Waals surface area contributed by atoms with E-state index in [9.17, 15) is 9.59 Å². The Morgan fingerprint density at radius 1 is 1.18 bits per heavy atom. The molecule has 0 aromatic heterocycles. The van der Waals surface area contributed by atoms with Crippen molar-refractivity contribution in [2.45, 2.75) is 51.8 Å². The van der Waals surface area contributed by atoms with Crippen LogP contribution in [0.25, 0.3) is 0 Å². The van der Waals surface area contributed by atoms with Crippen molar-refractivity contribution >= 4 is 12.1 Å². The van der Waals surface area contributed by atoms with Gasteiger partial charge in [0.25, 0.3) is 0 Å². The number of nitrogens with one attached hydrogen (secondary N) is 2. The van der Waals surface area contributed by atoms with Crippen LogP contribution in [0, 0.1) is 0 Å². The summed E-state index contributed by atoms with van der Waals surface area (Å²) in [6, 6.07) is -0.894. The number of amides is 1. The number of carboxylic acid groups (broad SMARTS) is 1. The summed E-state index contributed by atoms with van der Waals surface area (Å²) in [4.78, 5) is 22.6. The Balaban J connectivity index is 4.63. The summed E-state index contributed by atoms with van der Waals surface area (Å²) >= 11 is 0. The monoisotopic (exact) mass is 246 g/mol. The topological polar surface area (TPSA) is 87.7 Å². The van der Waals surface area contributed by atoms with Gasteiger partial charge in [0.1, 0.15) is 11.6 Å². The van der Waals surface area contributed by atoms with Gasteiger partial charge in [0.05, 0.1) is 5.54 Å². The Labute approximate surface area is 102 Å². The van der Waals surface area contributed by atoms with Gasteiger partial charge in [0.15, 0.2) is 0 Å². The molecule has 0 fully saturated rings. The number of likely N-dealkylation sites (N-methyl/N-ethyl adjacent to an activating group) is 1. The van der Waals surface area contributed by atoms with Crippen molar-refractivity contribution in [3.05, 3.63) is 0 Å². The minimum absolute atomic E-state index is 0.613. The molecule has 1 atom stereocenters. The second kappa shape index (κ2) is 5.35. The van der Waals surface area contributed by atoms with Gasteiger partial charge in [0, 0.05) is 0 Å². The highest BCUT2D eigenvalue weighted by molar-refractivity contribution is 5.77.